The third-order valence-electron chi connectivity index (χ3n) is 4.92. The Bertz CT molecular complexity index is 1100. The number of nitrogens with zero attached hydrogens (tertiary/aromatic N) is 4. The molecule has 0 bridgehead atoms. The lowest BCUT2D eigenvalue weighted by Gasteiger charge is -2.12. The van der Waals surface area contributed by atoms with Gasteiger partial charge in [-0.15, -0.1) is 0 Å². The van der Waals surface area contributed by atoms with Crippen LogP contribution in [0.3, 0.4) is 0 Å². The molecule has 28 heavy (non-hydrogen) atoms. The zero-order valence-electron chi connectivity index (χ0n) is 15.9. The molecule has 0 amide bonds. The van der Waals surface area contributed by atoms with Crippen molar-refractivity contribution in [3.05, 3.63) is 35.2 Å². The molecule has 3 aromatic heterocycles. The second kappa shape index (κ2) is 7.08. The van der Waals surface area contributed by atoms with Gasteiger partial charge in [-0.3, -0.25) is 0 Å². The number of halogens is 1. The molecule has 3 aromatic rings. The molecule has 0 atom stereocenters. The molecule has 6 nitrogen and oxygen atoms in total. The molecule has 0 spiro atoms. The molecule has 0 aromatic carbocycles. The van der Waals surface area contributed by atoms with Crippen LogP contribution in [0.25, 0.3) is 22.3 Å². The summed E-state index contributed by atoms with van der Waals surface area (Å²) in [5.41, 5.74) is 7.79. The van der Waals surface area contributed by atoms with Gasteiger partial charge in [0.1, 0.15) is 11.2 Å². The van der Waals surface area contributed by atoms with Crippen LogP contribution in [-0.2, 0) is 0 Å². The summed E-state index contributed by atoms with van der Waals surface area (Å²) in [6.45, 7) is 3.30. The molecule has 1 aliphatic carbocycles. The van der Waals surface area contributed by atoms with E-state index in [4.69, 9.17) is 17.3 Å². The third-order valence-corrected chi connectivity index (χ3v) is 5.19. The average Bonchev–Trinajstić information content (AvgIpc) is 3.28. The highest BCUT2D eigenvalue weighted by molar-refractivity contribution is 6.33. The Morgan fingerprint density at radius 3 is 2.71 bits per heavy atom. The second-order valence-electron chi connectivity index (χ2n) is 7.72. The van der Waals surface area contributed by atoms with Crippen molar-refractivity contribution in [1.29, 1.82) is 0 Å². The molecule has 7 heteroatoms. The van der Waals surface area contributed by atoms with Crippen molar-refractivity contribution >= 4 is 28.6 Å². The molecule has 144 valence electrons. The number of aromatic nitrogens is 4. The number of rotatable bonds is 2. The topological polar surface area (TPSA) is 89.8 Å². The number of nitrogens with two attached hydrogens (primary N) is 1. The van der Waals surface area contributed by atoms with E-state index in [-0.39, 0.29) is 5.95 Å². The SMILES string of the molecule is CC(C)(O)C#Cc1cnc2c(c1)c(-c1nc(N)ncc1Cl)cn2C1CCCC1. The fourth-order valence-electron chi connectivity index (χ4n) is 3.64. The predicted octanol–water partition coefficient (Wildman–Crippen LogP) is 3.97. The number of hydrogen-bond donors (Lipinski definition) is 2. The molecule has 3 heterocycles. The van der Waals surface area contributed by atoms with E-state index in [2.05, 4.69) is 37.6 Å². The Labute approximate surface area is 168 Å². The second-order valence-corrected chi connectivity index (χ2v) is 8.12. The van der Waals surface area contributed by atoms with Crippen LogP contribution < -0.4 is 5.73 Å². The van der Waals surface area contributed by atoms with Gasteiger partial charge in [0.05, 0.1) is 16.9 Å². The minimum absolute atomic E-state index is 0.173. The maximum atomic E-state index is 9.89. The molecule has 0 aliphatic heterocycles. The summed E-state index contributed by atoms with van der Waals surface area (Å²) < 4.78 is 2.22. The summed E-state index contributed by atoms with van der Waals surface area (Å²) in [5, 5.41) is 11.2. The van der Waals surface area contributed by atoms with Gasteiger partial charge in [0, 0.05) is 34.9 Å². The zero-order chi connectivity index (χ0) is 19.9. The van der Waals surface area contributed by atoms with Crippen LogP contribution in [0, 0.1) is 11.8 Å². The minimum Gasteiger partial charge on any atom is -0.378 e. The first-order chi connectivity index (χ1) is 13.3. The molecule has 4 rings (SSSR count). The van der Waals surface area contributed by atoms with Crippen LogP contribution in [0.4, 0.5) is 5.95 Å². The highest BCUT2D eigenvalue weighted by Gasteiger charge is 2.23. The Morgan fingerprint density at radius 2 is 2.00 bits per heavy atom. The standard InChI is InChI=1S/C21H22ClN5O/c1-21(2,28)8-7-13-9-15-16(18-17(22)11-25-20(23)26-18)12-27(19(15)24-10-13)14-5-3-4-6-14/h9-12,14,28H,3-6H2,1-2H3,(H2,23,25,26). The lowest BCUT2D eigenvalue weighted by Crippen LogP contribution is -2.14. The van der Waals surface area contributed by atoms with E-state index in [1.165, 1.54) is 19.0 Å². The molecule has 1 saturated carbocycles. The van der Waals surface area contributed by atoms with Crippen molar-refractivity contribution < 1.29 is 5.11 Å². The number of anilines is 1. The molecule has 0 unspecified atom stereocenters. The first-order valence-corrected chi connectivity index (χ1v) is 9.74. The highest BCUT2D eigenvalue weighted by atomic mass is 35.5. The van der Waals surface area contributed by atoms with E-state index >= 15 is 0 Å². The normalized spacial score (nSPS) is 15.0. The summed E-state index contributed by atoms with van der Waals surface area (Å²) >= 11 is 6.39. The van der Waals surface area contributed by atoms with Gasteiger partial charge < -0.3 is 15.4 Å². The first-order valence-electron chi connectivity index (χ1n) is 9.36. The van der Waals surface area contributed by atoms with Crippen LogP contribution >= 0.6 is 11.6 Å². The first kappa shape index (κ1) is 18.7. The third kappa shape index (κ3) is 3.68. The maximum absolute atomic E-state index is 9.89. The number of nitrogen functional groups attached to an aromatic ring is 1. The summed E-state index contributed by atoms with van der Waals surface area (Å²) in [6, 6.07) is 2.38. The van der Waals surface area contributed by atoms with Gasteiger partial charge in [-0.1, -0.05) is 36.3 Å². The summed E-state index contributed by atoms with van der Waals surface area (Å²) in [7, 11) is 0. The maximum Gasteiger partial charge on any atom is 0.220 e. The van der Waals surface area contributed by atoms with Gasteiger partial charge in [0.25, 0.3) is 0 Å². The lowest BCUT2D eigenvalue weighted by atomic mass is 10.1. The molecule has 0 radical (unpaired) electrons. The molecule has 0 saturated heterocycles. The predicted molar refractivity (Wildman–Crippen MR) is 111 cm³/mol. The van der Waals surface area contributed by atoms with Crippen molar-refractivity contribution in [1.82, 2.24) is 19.5 Å². The number of hydrogen-bond acceptors (Lipinski definition) is 5. The van der Waals surface area contributed by atoms with Crippen LogP contribution in [0.2, 0.25) is 5.02 Å². The van der Waals surface area contributed by atoms with E-state index in [1.54, 1.807) is 20.0 Å². The van der Waals surface area contributed by atoms with Crippen molar-refractivity contribution in [2.45, 2.75) is 51.2 Å². The zero-order valence-corrected chi connectivity index (χ0v) is 16.7. The van der Waals surface area contributed by atoms with Crippen molar-refractivity contribution in [3.63, 3.8) is 0 Å². The quantitative estimate of drug-likeness (QED) is 0.641. The van der Waals surface area contributed by atoms with Gasteiger partial charge in [-0.05, 0) is 32.8 Å². The summed E-state index contributed by atoms with van der Waals surface area (Å²) in [5.74, 6) is 6.00. The van der Waals surface area contributed by atoms with Crippen molar-refractivity contribution in [3.8, 4) is 23.1 Å². The highest BCUT2D eigenvalue weighted by Crippen LogP contribution is 2.38. The fraction of sp³-hybridized carbons (Fsp3) is 0.381. The minimum atomic E-state index is -1.07. The Kier molecular flexibility index (Phi) is 4.74. The van der Waals surface area contributed by atoms with Crippen LogP contribution in [0.15, 0.2) is 24.7 Å². The molecule has 1 fully saturated rings. The Balaban J connectivity index is 1.93. The van der Waals surface area contributed by atoms with Gasteiger partial charge in [-0.2, -0.15) is 0 Å². The van der Waals surface area contributed by atoms with Crippen molar-refractivity contribution in [2.24, 2.45) is 0 Å². The van der Waals surface area contributed by atoms with Crippen LogP contribution in [0.1, 0.15) is 51.1 Å². The van der Waals surface area contributed by atoms with Gasteiger partial charge in [0.15, 0.2) is 0 Å². The van der Waals surface area contributed by atoms with Crippen LogP contribution in [-0.4, -0.2) is 30.2 Å². The van der Waals surface area contributed by atoms with E-state index in [9.17, 15) is 5.11 Å². The van der Waals surface area contributed by atoms with Gasteiger partial charge in [-0.25, -0.2) is 15.0 Å². The molecule has 3 N–H and O–H groups in total. The smallest absolute Gasteiger partial charge is 0.220 e. The summed E-state index contributed by atoms with van der Waals surface area (Å²) in [4.78, 5) is 13.0. The van der Waals surface area contributed by atoms with E-state index in [0.29, 0.717) is 16.8 Å². The van der Waals surface area contributed by atoms with E-state index < -0.39 is 5.60 Å². The van der Waals surface area contributed by atoms with Crippen molar-refractivity contribution in [2.75, 3.05) is 5.73 Å². The summed E-state index contributed by atoms with van der Waals surface area (Å²) in [6.07, 6.45) is 10.0. The average molecular weight is 396 g/mol. The lowest BCUT2D eigenvalue weighted by molar-refractivity contribution is 0.143. The number of aliphatic hydroxyl groups is 1. The monoisotopic (exact) mass is 395 g/mol. The largest absolute Gasteiger partial charge is 0.378 e. The van der Waals surface area contributed by atoms with Gasteiger partial charge >= 0.3 is 0 Å². The Morgan fingerprint density at radius 1 is 1.25 bits per heavy atom. The van der Waals surface area contributed by atoms with E-state index in [0.717, 1.165) is 35.0 Å². The molecule has 1 aliphatic rings. The number of fused-ring (bicyclic) bond motifs is 1. The van der Waals surface area contributed by atoms with Crippen LogP contribution in [0.5, 0.6) is 0 Å². The number of pyridine rings is 1. The molecular weight excluding hydrogens is 374 g/mol. The van der Waals surface area contributed by atoms with E-state index in [1.807, 2.05) is 6.07 Å². The molecular formula is C21H22ClN5O. The fourth-order valence-corrected chi connectivity index (χ4v) is 3.84. The Hall–Kier alpha value is -2.62. The van der Waals surface area contributed by atoms with Gasteiger partial charge in [0.2, 0.25) is 5.95 Å².